The molecule has 2 heterocycles. The molecule has 2 aromatic rings. The molecule has 2 aliphatic rings. The maximum atomic E-state index is 13.6. The van der Waals surface area contributed by atoms with Crippen molar-refractivity contribution in [1.82, 2.24) is 20.4 Å². The Hall–Kier alpha value is -4.79. The number of nitrogens with zero attached hydrogens (tertiary/aromatic N) is 2. The molecule has 1 saturated heterocycles. The molecule has 2 aromatic carbocycles. The second-order valence-corrected chi connectivity index (χ2v) is 9.08. The molecule has 0 aromatic heterocycles. The van der Waals surface area contributed by atoms with Crippen molar-refractivity contribution in [2.75, 3.05) is 26.7 Å². The Kier molecular flexibility index (Phi) is 8.14. The second-order valence-electron chi connectivity index (χ2n) is 9.08. The van der Waals surface area contributed by atoms with Crippen molar-refractivity contribution in [3.05, 3.63) is 53.1 Å². The number of hydrogen-bond donors (Lipinski definition) is 5. The van der Waals surface area contributed by atoms with Gasteiger partial charge < -0.3 is 40.2 Å². The van der Waals surface area contributed by atoms with E-state index in [1.54, 1.807) is 13.0 Å². The van der Waals surface area contributed by atoms with Crippen LogP contribution in [0.5, 0.6) is 17.2 Å². The summed E-state index contributed by atoms with van der Waals surface area (Å²) in [4.78, 5) is 65.1. The fraction of sp³-hybridized carbons (Fsp3) is 0.320. The monoisotopic (exact) mass is 554 g/mol. The minimum atomic E-state index is -1.63. The third-order valence-corrected chi connectivity index (χ3v) is 6.67. The minimum absolute atomic E-state index is 0.00268. The lowest BCUT2D eigenvalue weighted by Gasteiger charge is -2.33. The number of piperazine rings is 1. The van der Waals surface area contributed by atoms with Crippen LogP contribution in [0.3, 0.4) is 0 Å². The smallest absolute Gasteiger partial charge is 0.534 e. The summed E-state index contributed by atoms with van der Waals surface area (Å²) in [5.41, 5.74) is 0.385. The predicted octanol–water partition coefficient (Wildman–Crippen LogP) is -0.320. The molecule has 0 aliphatic carbocycles. The molecular weight excluding hydrogens is 527 g/mol. The number of phenolic OH excluding ortho intramolecular Hbond substituents is 1. The fourth-order valence-corrected chi connectivity index (χ4v) is 4.58. The quantitative estimate of drug-likeness (QED) is 0.224. The number of urea groups is 1. The number of carbonyl (C=O) groups excluding carboxylic acids is 4. The number of amides is 5. The average molecular weight is 554 g/mol. The van der Waals surface area contributed by atoms with E-state index in [-0.39, 0.29) is 47.9 Å². The van der Waals surface area contributed by atoms with Gasteiger partial charge in [0.05, 0.1) is 18.6 Å². The number of hydrogen-bond acceptors (Lipinski definition) is 9. The van der Waals surface area contributed by atoms with Gasteiger partial charge in [-0.1, -0.05) is 12.1 Å². The molecule has 1 fully saturated rings. The topological polar surface area (TPSA) is 195 Å². The average Bonchev–Trinajstić information content (AvgIpc) is 2.93. The number of carboxylic acid groups (broad SMARTS) is 1. The highest BCUT2D eigenvalue weighted by Gasteiger charge is 2.41. The summed E-state index contributed by atoms with van der Waals surface area (Å²) in [6, 6.07) is 5.72. The first-order chi connectivity index (χ1) is 19.0. The van der Waals surface area contributed by atoms with E-state index in [1.807, 2.05) is 0 Å². The Bertz CT molecular complexity index is 1370. The number of benzene rings is 2. The number of carbonyl (C=O) groups is 5. The Labute approximate surface area is 228 Å². The zero-order valence-corrected chi connectivity index (χ0v) is 21.6. The van der Waals surface area contributed by atoms with Crippen molar-refractivity contribution in [3.8, 4) is 17.2 Å². The molecule has 15 heteroatoms. The number of nitrogens with one attached hydrogen (secondary N) is 2. The van der Waals surface area contributed by atoms with Crippen LogP contribution in [0.15, 0.2) is 36.4 Å². The molecule has 14 nitrogen and oxygen atoms in total. The van der Waals surface area contributed by atoms with E-state index in [0.29, 0.717) is 17.0 Å². The van der Waals surface area contributed by atoms with Crippen LogP contribution in [0, 0.1) is 0 Å². The van der Waals surface area contributed by atoms with Gasteiger partial charge in [-0.25, -0.2) is 9.59 Å². The van der Waals surface area contributed by atoms with Crippen LogP contribution in [0.1, 0.15) is 34.5 Å². The molecule has 2 atom stereocenters. The summed E-state index contributed by atoms with van der Waals surface area (Å²) in [5.74, 6) is -5.20. The van der Waals surface area contributed by atoms with E-state index < -0.39 is 48.8 Å². The van der Waals surface area contributed by atoms with Gasteiger partial charge in [-0.3, -0.25) is 19.3 Å². The summed E-state index contributed by atoms with van der Waals surface area (Å²) < 4.78 is 10.7. The Morgan fingerprint density at radius 1 is 1.18 bits per heavy atom. The van der Waals surface area contributed by atoms with Crippen molar-refractivity contribution >= 4 is 36.8 Å². The van der Waals surface area contributed by atoms with Crippen molar-refractivity contribution in [3.63, 3.8) is 0 Å². The summed E-state index contributed by atoms with van der Waals surface area (Å²) in [5, 5.41) is 34.9. The number of para-hydroxylation sites is 1. The van der Waals surface area contributed by atoms with Crippen LogP contribution in [0.25, 0.3) is 0 Å². The van der Waals surface area contributed by atoms with Gasteiger partial charge >= 0.3 is 30.9 Å². The van der Waals surface area contributed by atoms with Crippen LogP contribution in [-0.2, 0) is 20.8 Å². The minimum Gasteiger partial charge on any atom is -0.534 e. The van der Waals surface area contributed by atoms with Gasteiger partial charge in [0.25, 0.3) is 0 Å². The highest BCUT2D eigenvalue weighted by molar-refractivity contribution is 6.47. The van der Waals surface area contributed by atoms with Gasteiger partial charge in [0.1, 0.15) is 23.3 Å². The van der Waals surface area contributed by atoms with Crippen molar-refractivity contribution in [2.24, 2.45) is 0 Å². The Morgan fingerprint density at radius 2 is 1.93 bits per heavy atom. The number of phenols is 1. The van der Waals surface area contributed by atoms with Crippen LogP contribution in [0.2, 0.25) is 0 Å². The molecule has 1 unspecified atom stereocenters. The molecule has 0 spiro atoms. The molecule has 4 rings (SSSR count). The van der Waals surface area contributed by atoms with E-state index in [0.717, 1.165) is 0 Å². The molecule has 0 bridgehead atoms. The van der Waals surface area contributed by atoms with E-state index in [1.165, 1.54) is 42.3 Å². The summed E-state index contributed by atoms with van der Waals surface area (Å²) in [7, 11) is -0.340. The van der Waals surface area contributed by atoms with Crippen LogP contribution >= 0.6 is 0 Å². The molecule has 0 radical (unpaired) electrons. The summed E-state index contributed by atoms with van der Waals surface area (Å²) in [6.07, 6.45) is 0.00268. The normalized spacial score (nSPS) is 17.5. The molecule has 5 N–H and O–H groups in total. The van der Waals surface area contributed by atoms with Gasteiger partial charge in [-0.05, 0) is 37.1 Å². The van der Waals surface area contributed by atoms with Gasteiger partial charge in [0.2, 0.25) is 5.91 Å². The number of aromatic hydroxyl groups is 1. The predicted molar refractivity (Wildman–Crippen MR) is 138 cm³/mol. The summed E-state index contributed by atoms with van der Waals surface area (Å²) >= 11 is 0. The lowest BCUT2D eigenvalue weighted by atomic mass is 9.72. The highest BCUT2D eigenvalue weighted by Crippen LogP contribution is 2.32. The SMILES string of the molecule is CCN1CCN(C(=O)NC(C(=O)N[C@H]2Cc3cccc(C(=O)O)c3OB2O)c2ccc(O)cc2OC)C(=O)C1=O. The molecule has 2 aliphatic heterocycles. The Balaban J connectivity index is 1.60. The summed E-state index contributed by atoms with van der Waals surface area (Å²) in [6.45, 7) is 2.02. The number of carboxylic acids is 1. The largest absolute Gasteiger partial charge is 0.547 e. The molecule has 40 heavy (non-hydrogen) atoms. The first kappa shape index (κ1) is 28.2. The van der Waals surface area contributed by atoms with Gasteiger partial charge in [-0.15, -0.1) is 0 Å². The number of aromatic carboxylic acids is 1. The first-order valence-electron chi connectivity index (χ1n) is 12.3. The molecular formula is C25H27BN4O10. The number of fused-ring (bicyclic) bond motifs is 1. The molecule has 210 valence electrons. The van der Waals surface area contributed by atoms with Crippen molar-refractivity contribution < 1.29 is 48.6 Å². The third-order valence-electron chi connectivity index (χ3n) is 6.67. The first-order valence-corrected chi connectivity index (χ1v) is 12.3. The number of methoxy groups -OCH3 is 1. The highest BCUT2D eigenvalue weighted by atomic mass is 16.5. The number of likely N-dealkylation sites (N-methyl/N-ethyl adjacent to an activating group) is 1. The number of rotatable bonds is 7. The molecule has 0 saturated carbocycles. The zero-order chi connectivity index (χ0) is 29.1. The van der Waals surface area contributed by atoms with E-state index in [2.05, 4.69) is 10.6 Å². The van der Waals surface area contributed by atoms with Crippen LogP contribution < -0.4 is 20.0 Å². The lowest BCUT2D eigenvalue weighted by molar-refractivity contribution is -0.153. The van der Waals surface area contributed by atoms with E-state index in [4.69, 9.17) is 9.39 Å². The maximum absolute atomic E-state index is 13.6. The van der Waals surface area contributed by atoms with E-state index in [9.17, 15) is 39.2 Å². The number of imide groups is 1. The van der Waals surface area contributed by atoms with Crippen LogP contribution in [-0.4, -0.2) is 94.6 Å². The second kappa shape index (κ2) is 11.5. The lowest BCUT2D eigenvalue weighted by Crippen LogP contribution is -2.60. The van der Waals surface area contributed by atoms with Crippen LogP contribution in [0.4, 0.5) is 4.79 Å². The van der Waals surface area contributed by atoms with Gasteiger partial charge in [0.15, 0.2) is 0 Å². The zero-order valence-electron chi connectivity index (χ0n) is 21.6. The van der Waals surface area contributed by atoms with E-state index >= 15 is 0 Å². The van der Waals surface area contributed by atoms with Gasteiger partial charge in [-0.2, -0.15) is 0 Å². The third kappa shape index (κ3) is 5.49. The Morgan fingerprint density at radius 3 is 2.60 bits per heavy atom. The standard InChI is InChI=1S/C25H27BN4O10/c1-3-29-9-10-30(23(34)22(29)33)25(37)28-19(15-8-7-14(31)12-17(15)39-2)21(32)27-18-11-13-5-4-6-16(24(35)36)20(13)40-26(18)38/h4-8,12,18-19,31,38H,3,9-11H2,1-2H3,(H,27,32)(H,28,37)(H,35,36)/t18-,19?/m0/s1. The maximum Gasteiger partial charge on any atom is 0.547 e. The van der Waals surface area contributed by atoms with Crippen molar-refractivity contribution in [1.29, 1.82) is 0 Å². The number of ether oxygens (including phenoxy) is 1. The van der Waals surface area contributed by atoms with Crippen molar-refractivity contribution in [2.45, 2.75) is 25.3 Å². The fourth-order valence-electron chi connectivity index (χ4n) is 4.58. The van der Waals surface area contributed by atoms with Gasteiger partial charge in [0, 0.05) is 31.3 Å². The molecule has 5 amide bonds.